The number of rotatable bonds is 3. The third kappa shape index (κ3) is 2.84. The fraction of sp³-hybridized carbons (Fsp3) is 0.750. The zero-order chi connectivity index (χ0) is 15.0. The van der Waals surface area contributed by atoms with Crippen LogP contribution in [0, 0.1) is 6.92 Å². The van der Waals surface area contributed by atoms with E-state index in [4.69, 9.17) is 5.73 Å². The summed E-state index contributed by atoms with van der Waals surface area (Å²) >= 11 is 0. The van der Waals surface area contributed by atoms with E-state index in [0.29, 0.717) is 11.9 Å². The second kappa shape index (κ2) is 5.79. The van der Waals surface area contributed by atoms with Crippen molar-refractivity contribution in [2.24, 2.45) is 0 Å². The van der Waals surface area contributed by atoms with E-state index >= 15 is 0 Å². The topological polar surface area (TPSA) is 67.1 Å². The summed E-state index contributed by atoms with van der Waals surface area (Å²) < 4.78 is 0. The van der Waals surface area contributed by atoms with Gasteiger partial charge in [0.1, 0.15) is 17.5 Å². The maximum Gasteiger partial charge on any atom is 0.134 e. The SMILES string of the molecule is CCc1nc(N)c(C)c(NC2CC3CCCC(C2)N3C)n1. The van der Waals surface area contributed by atoms with E-state index in [0.717, 1.165) is 35.7 Å². The van der Waals surface area contributed by atoms with Gasteiger partial charge >= 0.3 is 0 Å². The molecule has 2 aliphatic rings. The number of nitrogens with two attached hydrogens (primary N) is 1. The summed E-state index contributed by atoms with van der Waals surface area (Å²) in [6, 6.07) is 1.95. The molecule has 3 heterocycles. The van der Waals surface area contributed by atoms with Crippen LogP contribution in [0.3, 0.4) is 0 Å². The Hall–Kier alpha value is -1.36. The molecule has 2 bridgehead atoms. The molecule has 1 aromatic heterocycles. The van der Waals surface area contributed by atoms with Gasteiger partial charge in [0.05, 0.1) is 0 Å². The van der Waals surface area contributed by atoms with Crippen molar-refractivity contribution in [3.05, 3.63) is 11.4 Å². The fourth-order valence-corrected chi connectivity index (χ4v) is 3.81. The minimum absolute atomic E-state index is 0.509. The largest absolute Gasteiger partial charge is 0.383 e. The van der Waals surface area contributed by atoms with E-state index in [1.807, 2.05) is 6.92 Å². The summed E-state index contributed by atoms with van der Waals surface area (Å²) in [6.07, 6.45) is 7.27. The normalized spacial score (nSPS) is 29.4. The van der Waals surface area contributed by atoms with Crippen LogP contribution in [0.1, 0.15) is 50.4 Å². The van der Waals surface area contributed by atoms with Gasteiger partial charge in [-0.05, 0) is 39.7 Å². The van der Waals surface area contributed by atoms with E-state index in [1.54, 1.807) is 0 Å². The molecule has 2 fully saturated rings. The molecule has 0 aliphatic carbocycles. The average Bonchev–Trinajstić information content (AvgIpc) is 2.44. The molecule has 0 aromatic carbocycles. The smallest absolute Gasteiger partial charge is 0.134 e. The Balaban J connectivity index is 1.76. The number of hydrogen-bond acceptors (Lipinski definition) is 5. The quantitative estimate of drug-likeness (QED) is 0.894. The van der Waals surface area contributed by atoms with E-state index in [9.17, 15) is 0 Å². The second-order valence-corrected chi connectivity index (χ2v) is 6.57. The van der Waals surface area contributed by atoms with Crippen molar-refractivity contribution in [1.29, 1.82) is 0 Å². The molecule has 21 heavy (non-hydrogen) atoms. The number of nitrogens with one attached hydrogen (secondary N) is 1. The average molecular weight is 289 g/mol. The predicted molar refractivity (Wildman–Crippen MR) is 86.4 cm³/mol. The second-order valence-electron chi connectivity index (χ2n) is 6.57. The highest BCUT2D eigenvalue weighted by Crippen LogP contribution is 2.34. The molecule has 3 rings (SSSR count). The van der Waals surface area contributed by atoms with Crippen LogP contribution >= 0.6 is 0 Å². The van der Waals surface area contributed by atoms with Gasteiger partial charge in [0.2, 0.25) is 0 Å². The molecule has 0 amide bonds. The first kappa shape index (κ1) is 14.6. The standard InChI is InChI=1S/C16H27N5/c1-4-14-19-15(17)10(2)16(20-14)18-11-8-12-6-5-7-13(9-11)21(12)3/h11-13H,4-9H2,1-3H3,(H3,17,18,19,20). The lowest BCUT2D eigenvalue weighted by molar-refractivity contribution is 0.0607. The first-order valence-electron chi connectivity index (χ1n) is 8.20. The van der Waals surface area contributed by atoms with Crippen LogP contribution in [0.15, 0.2) is 0 Å². The molecule has 5 nitrogen and oxygen atoms in total. The molecular weight excluding hydrogens is 262 g/mol. The number of piperidine rings is 2. The zero-order valence-corrected chi connectivity index (χ0v) is 13.4. The Bertz CT molecular complexity index is 502. The van der Waals surface area contributed by atoms with Crippen LogP contribution in [-0.2, 0) is 6.42 Å². The van der Waals surface area contributed by atoms with E-state index < -0.39 is 0 Å². The monoisotopic (exact) mass is 289 g/mol. The highest BCUT2D eigenvalue weighted by Gasteiger charge is 2.36. The fourth-order valence-electron chi connectivity index (χ4n) is 3.81. The minimum Gasteiger partial charge on any atom is -0.383 e. The van der Waals surface area contributed by atoms with E-state index in [2.05, 4.69) is 34.2 Å². The van der Waals surface area contributed by atoms with Gasteiger partial charge in [-0.3, -0.25) is 0 Å². The maximum absolute atomic E-state index is 6.02. The summed E-state index contributed by atoms with van der Waals surface area (Å²) in [6.45, 7) is 4.07. The van der Waals surface area contributed by atoms with Gasteiger partial charge in [-0.1, -0.05) is 13.3 Å². The Morgan fingerprint density at radius 2 is 1.90 bits per heavy atom. The van der Waals surface area contributed by atoms with E-state index in [-0.39, 0.29) is 0 Å². The number of aryl methyl sites for hydroxylation is 1. The molecule has 1 aromatic rings. The van der Waals surface area contributed by atoms with Crippen LogP contribution in [0.5, 0.6) is 0 Å². The zero-order valence-electron chi connectivity index (χ0n) is 13.4. The minimum atomic E-state index is 0.509. The highest BCUT2D eigenvalue weighted by atomic mass is 15.2. The van der Waals surface area contributed by atoms with Crippen molar-refractivity contribution in [3.8, 4) is 0 Å². The van der Waals surface area contributed by atoms with Gasteiger partial charge in [0, 0.05) is 30.1 Å². The Labute approximate surface area is 127 Å². The van der Waals surface area contributed by atoms with Crippen molar-refractivity contribution in [2.45, 2.75) is 70.5 Å². The molecule has 116 valence electrons. The number of aromatic nitrogens is 2. The molecule has 2 unspecified atom stereocenters. The van der Waals surface area contributed by atoms with Crippen molar-refractivity contribution in [3.63, 3.8) is 0 Å². The lowest BCUT2D eigenvalue weighted by atomic mass is 9.82. The lowest BCUT2D eigenvalue weighted by Crippen LogP contribution is -2.52. The third-order valence-electron chi connectivity index (χ3n) is 5.23. The molecule has 0 radical (unpaired) electrons. The molecule has 2 atom stereocenters. The summed E-state index contributed by atoms with van der Waals surface area (Å²) in [5, 5.41) is 3.66. The Morgan fingerprint density at radius 1 is 1.24 bits per heavy atom. The van der Waals surface area contributed by atoms with Gasteiger partial charge in [0.15, 0.2) is 0 Å². The number of nitrogens with zero attached hydrogens (tertiary/aromatic N) is 3. The van der Waals surface area contributed by atoms with Crippen LogP contribution in [0.25, 0.3) is 0 Å². The highest BCUT2D eigenvalue weighted by molar-refractivity contribution is 5.55. The Morgan fingerprint density at radius 3 is 2.52 bits per heavy atom. The van der Waals surface area contributed by atoms with Gasteiger partial charge < -0.3 is 16.0 Å². The molecule has 5 heteroatoms. The van der Waals surface area contributed by atoms with Crippen molar-refractivity contribution >= 4 is 11.6 Å². The third-order valence-corrected chi connectivity index (χ3v) is 5.23. The van der Waals surface area contributed by atoms with Crippen LogP contribution < -0.4 is 11.1 Å². The van der Waals surface area contributed by atoms with Crippen molar-refractivity contribution in [1.82, 2.24) is 14.9 Å². The van der Waals surface area contributed by atoms with Gasteiger partial charge in [-0.2, -0.15) is 0 Å². The van der Waals surface area contributed by atoms with Crippen LogP contribution in [0.4, 0.5) is 11.6 Å². The summed E-state index contributed by atoms with van der Waals surface area (Å²) in [5.41, 5.74) is 7.00. The van der Waals surface area contributed by atoms with Gasteiger partial charge in [-0.15, -0.1) is 0 Å². The number of hydrogen-bond donors (Lipinski definition) is 2. The maximum atomic E-state index is 6.02. The number of fused-ring (bicyclic) bond motifs is 2. The molecular formula is C16H27N5. The molecule has 0 spiro atoms. The number of nitrogen functional groups attached to an aromatic ring is 1. The molecule has 2 aliphatic heterocycles. The van der Waals surface area contributed by atoms with E-state index in [1.165, 1.54) is 32.1 Å². The summed E-state index contributed by atoms with van der Waals surface area (Å²) in [4.78, 5) is 11.6. The molecule has 3 N–H and O–H groups in total. The van der Waals surface area contributed by atoms with Gasteiger partial charge in [-0.25, -0.2) is 9.97 Å². The molecule has 2 saturated heterocycles. The van der Waals surface area contributed by atoms with Crippen LogP contribution in [0.2, 0.25) is 0 Å². The summed E-state index contributed by atoms with van der Waals surface area (Å²) in [5.74, 6) is 2.37. The lowest BCUT2D eigenvalue weighted by Gasteiger charge is -2.47. The predicted octanol–water partition coefficient (Wildman–Crippen LogP) is 2.36. The summed E-state index contributed by atoms with van der Waals surface area (Å²) in [7, 11) is 2.29. The first-order valence-corrected chi connectivity index (χ1v) is 8.20. The van der Waals surface area contributed by atoms with Crippen LogP contribution in [-0.4, -0.2) is 40.0 Å². The van der Waals surface area contributed by atoms with Crippen molar-refractivity contribution < 1.29 is 0 Å². The number of anilines is 2. The Kier molecular flexibility index (Phi) is 4.02. The van der Waals surface area contributed by atoms with Gasteiger partial charge in [0.25, 0.3) is 0 Å². The first-order chi connectivity index (χ1) is 10.1. The van der Waals surface area contributed by atoms with Crippen molar-refractivity contribution in [2.75, 3.05) is 18.1 Å². The molecule has 0 saturated carbocycles.